The number of aliphatic hydroxyl groups is 1. The molecule has 0 aromatic rings. The van der Waals surface area contributed by atoms with Crippen LogP contribution in [0.2, 0.25) is 0 Å². The molecule has 2 aliphatic carbocycles. The van der Waals surface area contributed by atoms with Gasteiger partial charge in [0.05, 0.1) is 13.2 Å². The summed E-state index contributed by atoms with van der Waals surface area (Å²) in [6.45, 7) is 0.263. The molecule has 1 aliphatic heterocycles. The Labute approximate surface area is 119 Å². The van der Waals surface area contributed by atoms with Crippen molar-refractivity contribution < 1.29 is 19.4 Å². The van der Waals surface area contributed by atoms with Crippen LogP contribution >= 0.6 is 0 Å². The molecule has 2 saturated carbocycles. The first kappa shape index (κ1) is 13.9. The Morgan fingerprint density at radius 2 is 2.05 bits per heavy atom. The van der Waals surface area contributed by atoms with Crippen molar-refractivity contribution in [1.29, 1.82) is 0 Å². The molecule has 5 unspecified atom stereocenters. The molecule has 1 N–H and O–H groups in total. The van der Waals surface area contributed by atoms with Gasteiger partial charge in [0.25, 0.3) is 0 Å². The molecule has 1 saturated heterocycles. The van der Waals surface area contributed by atoms with Gasteiger partial charge in [-0.15, -0.1) is 0 Å². The van der Waals surface area contributed by atoms with Crippen LogP contribution in [0.25, 0.3) is 0 Å². The third-order valence-electron chi connectivity index (χ3n) is 5.39. The van der Waals surface area contributed by atoms with Crippen molar-refractivity contribution in [3.05, 3.63) is 0 Å². The number of carbonyl (C=O) groups is 2. The van der Waals surface area contributed by atoms with Crippen LogP contribution < -0.4 is 0 Å². The number of aliphatic hydroxyl groups excluding tert-OH is 1. The largest absolute Gasteiger partial charge is 0.467 e. The summed E-state index contributed by atoms with van der Waals surface area (Å²) < 4.78 is 4.74. The second-order valence-electron chi connectivity index (χ2n) is 6.61. The lowest BCUT2D eigenvalue weighted by molar-refractivity contribution is -0.151. The summed E-state index contributed by atoms with van der Waals surface area (Å²) in [6, 6.07) is -0.596. The Morgan fingerprint density at radius 1 is 1.25 bits per heavy atom. The highest BCUT2D eigenvalue weighted by Crippen LogP contribution is 2.49. The van der Waals surface area contributed by atoms with Crippen molar-refractivity contribution >= 4 is 11.9 Å². The summed E-state index contributed by atoms with van der Waals surface area (Å²) in [6.07, 6.45) is 5.24. The molecule has 3 fully saturated rings. The Bertz CT molecular complexity index is 411. The highest BCUT2D eigenvalue weighted by Gasteiger charge is 2.44. The van der Waals surface area contributed by atoms with Gasteiger partial charge in [-0.05, 0) is 37.0 Å². The zero-order valence-electron chi connectivity index (χ0n) is 12.0. The summed E-state index contributed by atoms with van der Waals surface area (Å²) in [7, 11) is 1.33. The van der Waals surface area contributed by atoms with Crippen molar-refractivity contribution in [2.75, 3.05) is 13.7 Å². The van der Waals surface area contributed by atoms with Crippen LogP contribution in [0.15, 0.2) is 0 Å². The second-order valence-corrected chi connectivity index (χ2v) is 6.61. The van der Waals surface area contributed by atoms with Crippen LogP contribution in [0, 0.1) is 17.8 Å². The van der Waals surface area contributed by atoms with Crippen molar-refractivity contribution in [2.24, 2.45) is 17.8 Å². The minimum Gasteiger partial charge on any atom is -0.467 e. The van der Waals surface area contributed by atoms with Crippen molar-refractivity contribution in [3.63, 3.8) is 0 Å². The van der Waals surface area contributed by atoms with E-state index < -0.39 is 18.1 Å². The maximum Gasteiger partial charge on any atom is 0.328 e. The van der Waals surface area contributed by atoms with Gasteiger partial charge >= 0.3 is 5.97 Å². The lowest BCUT2D eigenvalue weighted by atomic mass is 9.86. The molecule has 5 heteroatoms. The number of rotatable bonds is 3. The van der Waals surface area contributed by atoms with E-state index in [9.17, 15) is 14.7 Å². The summed E-state index contributed by atoms with van der Waals surface area (Å²) in [5.41, 5.74) is 0. The topological polar surface area (TPSA) is 66.8 Å². The van der Waals surface area contributed by atoms with E-state index in [4.69, 9.17) is 4.74 Å². The highest BCUT2D eigenvalue weighted by molar-refractivity contribution is 5.85. The van der Waals surface area contributed by atoms with Crippen LogP contribution in [0.4, 0.5) is 0 Å². The maximum atomic E-state index is 12.5. The van der Waals surface area contributed by atoms with Crippen LogP contribution in [0.3, 0.4) is 0 Å². The van der Waals surface area contributed by atoms with Gasteiger partial charge in [0.1, 0.15) is 6.04 Å². The van der Waals surface area contributed by atoms with Gasteiger partial charge in [0.2, 0.25) is 5.91 Å². The Hall–Kier alpha value is -1.10. The molecule has 0 aromatic carbocycles. The van der Waals surface area contributed by atoms with E-state index in [-0.39, 0.29) is 12.5 Å². The molecular weight excluding hydrogens is 258 g/mol. The van der Waals surface area contributed by atoms with Gasteiger partial charge in [-0.2, -0.15) is 0 Å². The minimum atomic E-state index is -0.608. The molecule has 5 nitrogen and oxygen atoms in total. The molecule has 0 spiro atoms. The molecule has 3 rings (SSSR count). The van der Waals surface area contributed by atoms with Gasteiger partial charge in [0, 0.05) is 19.4 Å². The molecular formula is C15H23NO4. The number of ether oxygens (including phenoxy) is 1. The fourth-order valence-electron chi connectivity index (χ4n) is 4.42. The number of hydrogen-bond donors (Lipinski definition) is 1. The van der Waals surface area contributed by atoms with Crippen LogP contribution in [-0.2, 0) is 14.3 Å². The molecule has 1 amide bonds. The van der Waals surface area contributed by atoms with E-state index in [1.54, 1.807) is 0 Å². The zero-order chi connectivity index (χ0) is 14.3. The van der Waals surface area contributed by atoms with Gasteiger partial charge in [-0.3, -0.25) is 4.79 Å². The fourth-order valence-corrected chi connectivity index (χ4v) is 4.42. The quantitative estimate of drug-likeness (QED) is 0.782. The van der Waals surface area contributed by atoms with E-state index in [1.165, 1.54) is 31.3 Å². The number of esters is 1. The number of carbonyl (C=O) groups excluding carboxylic acids is 2. The van der Waals surface area contributed by atoms with E-state index in [2.05, 4.69) is 0 Å². The zero-order valence-corrected chi connectivity index (χ0v) is 12.0. The van der Waals surface area contributed by atoms with Crippen molar-refractivity contribution in [1.82, 2.24) is 4.90 Å². The number of amides is 1. The first-order chi connectivity index (χ1) is 9.58. The summed E-state index contributed by atoms with van der Waals surface area (Å²) in [5, 5.41) is 9.73. The number of methoxy groups -OCH3 is 1. The molecule has 1 heterocycles. The Kier molecular flexibility index (Phi) is 3.71. The standard InChI is InChI=1S/C15H23NO4/c1-20-15(19)13-7-12(17)8-16(13)14(18)6-11-5-9-2-3-10(11)4-9/h9-13,17H,2-8H2,1H3. The SMILES string of the molecule is COC(=O)C1CC(O)CN1C(=O)CC1CC2CCC1C2. The molecule has 5 atom stereocenters. The monoisotopic (exact) mass is 281 g/mol. The number of nitrogens with zero attached hydrogens (tertiary/aromatic N) is 1. The lowest BCUT2D eigenvalue weighted by Crippen LogP contribution is -2.42. The van der Waals surface area contributed by atoms with Crippen LogP contribution in [0.1, 0.15) is 38.5 Å². The van der Waals surface area contributed by atoms with E-state index in [0.717, 1.165) is 12.3 Å². The van der Waals surface area contributed by atoms with Gasteiger partial charge < -0.3 is 14.7 Å². The van der Waals surface area contributed by atoms with Gasteiger partial charge in [-0.25, -0.2) is 4.79 Å². The van der Waals surface area contributed by atoms with Crippen LogP contribution in [0.5, 0.6) is 0 Å². The van der Waals surface area contributed by atoms with Gasteiger partial charge in [0.15, 0.2) is 0 Å². The highest BCUT2D eigenvalue weighted by atomic mass is 16.5. The molecule has 20 heavy (non-hydrogen) atoms. The number of likely N-dealkylation sites (tertiary alicyclic amines) is 1. The average molecular weight is 281 g/mol. The predicted molar refractivity (Wildman–Crippen MR) is 71.7 cm³/mol. The third-order valence-corrected chi connectivity index (χ3v) is 5.39. The number of β-amino-alcohol motifs (C(OH)–C–C–N with tert-alkyl or cyclic N) is 1. The normalized spacial score (nSPS) is 39.3. The maximum absolute atomic E-state index is 12.5. The smallest absolute Gasteiger partial charge is 0.328 e. The fraction of sp³-hybridized carbons (Fsp3) is 0.867. The van der Waals surface area contributed by atoms with Gasteiger partial charge in [-0.1, -0.05) is 6.42 Å². The molecule has 0 aromatic heterocycles. The Balaban J connectivity index is 1.62. The first-order valence-electron chi connectivity index (χ1n) is 7.63. The number of fused-ring (bicyclic) bond motifs is 2. The van der Waals surface area contributed by atoms with Crippen molar-refractivity contribution in [2.45, 2.75) is 50.7 Å². The third kappa shape index (κ3) is 2.43. The summed E-state index contributed by atoms with van der Waals surface area (Å²) in [5.74, 6) is 1.60. The second kappa shape index (κ2) is 5.35. The summed E-state index contributed by atoms with van der Waals surface area (Å²) in [4.78, 5) is 25.7. The van der Waals surface area contributed by atoms with E-state index >= 15 is 0 Å². The molecule has 3 aliphatic rings. The first-order valence-corrected chi connectivity index (χ1v) is 7.63. The van der Waals surface area contributed by atoms with Crippen molar-refractivity contribution in [3.8, 4) is 0 Å². The van der Waals surface area contributed by atoms with E-state index in [0.29, 0.717) is 24.7 Å². The van der Waals surface area contributed by atoms with E-state index in [1.807, 2.05) is 0 Å². The minimum absolute atomic E-state index is 0.00880. The lowest BCUT2D eigenvalue weighted by Gasteiger charge is -2.26. The number of hydrogen-bond acceptors (Lipinski definition) is 4. The van der Waals surface area contributed by atoms with Crippen LogP contribution in [-0.4, -0.2) is 47.7 Å². The average Bonchev–Trinajstić information content (AvgIpc) is 3.12. The molecule has 2 bridgehead atoms. The molecule has 0 radical (unpaired) electrons. The molecule has 112 valence electrons. The Morgan fingerprint density at radius 3 is 2.65 bits per heavy atom. The summed E-state index contributed by atoms with van der Waals surface area (Å²) >= 11 is 0. The predicted octanol–water partition coefficient (Wildman–Crippen LogP) is 0.947.